The molecule has 2 aromatic rings. The third kappa shape index (κ3) is 3.74. The molecule has 0 aliphatic heterocycles. The van der Waals surface area contributed by atoms with Gasteiger partial charge in [-0.25, -0.2) is 0 Å². The van der Waals surface area contributed by atoms with Gasteiger partial charge in [-0.2, -0.15) is 0 Å². The van der Waals surface area contributed by atoms with Gasteiger partial charge in [0.25, 0.3) is 0 Å². The predicted molar refractivity (Wildman–Crippen MR) is 123 cm³/mol. The average molecular weight is 502 g/mol. The Morgan fingerprint density at radius 2 is 1.75 bits per heavy atom. The van der Waals surface area contributed by atoms with E-state index in [9.17, 15) is 5.11 Å². The van der Waals surface area contributed by atoms with Crippen LogP contribution in [0.25, 0.3) is 11.1 Å². The Balaban J connectivity index is 2.44. The molecule has 0 heterocycles. The van der Waals surface area contributed by atoms with E-state index in [2.05, 4.69) is 67.4 Å². The summed E-state index contributed by atoms with van der Waals surface area (Å²) in [4.78, 5) is 0. The van der Waals surface area contributed by atoms with Crippen LogP contribution >= 0.6 is 17.0 Å². The Morgan fingerprint density at radius 1 is 1.11 bits per heavy atom. The van der Waals surface area contributed by atoms with Crippen LogP contribution in [0.2, 0.25) is 8.76 Å². The summed E-state index contributed by atoms with van der Waals surface area (Å²) in [7, 11) is 15.7. The van der Waals surface area contributed by atoms with Crippen molar-refractivity contribution in [3.8, 4) is 11.1 Å². The van der Waals surface area contributed by atoms with Gasteiger partial charge in [-0.1, -0.05) is 0 Å². The van der Waals surface area contributed by atoms with Crippen LogP contribution in [-0.4, -0.2) is 21.5 Å². The van der Waals surface area contributed by atoms with Gasteiger partial charge in [0.1, 0.15) is 0 Å². The fraction of sp³-hybridized carbons (Fsp3) is 0.435. The number of halogens is 2. The van der Waals surface area contributed by atoms with Crippen LogP contribution in [-0.2, 0) is 19.7 Å². The van der Waals surface area contributed by atoms with Crippen LogP contribution in [0.3, 0.4) is 0 Å². The number of aliphatic hydroxyl groups is 1. The molecule has 0 saturated carbocycles. The van der Waals surface area contributed by atoms with E-state index in [1.165, 1.54) is 22.3 Å². The van der Waals surface area contributed by atoms with Crippen LogP contribution in [0.4, 0.5) is 0 Å². The van der Waals surface area contributed by atoms with Crippen molar-refractivity contribution in [2.24, 2.45) is 0 Å². The van der Waals surface area contributed by atoms with Crippen LogP contribution in [0.15, 0.2) is 36.4 Å². The maximum atomic E-state index is 9.68. The van der Waals surface area contributed by atoms with E-state index in [-0.39, 0.29) is 12.1 Å². The topological polar surface area (TPSA) is 32.3 Å². The molecule has 0 fully saturated rings. The van der Waals surface area contributed by atoms with Gasteiger partial charge in [-0.05, 0) is 0 Å². The molecule has 1 aliphatic rings. The zero-order valence-corrected chi connectivity index (χ0v) is 21.7. The van der Waals surface area contributed by atoms with Crippen molar-refractivity contribution in [2.75, 3.05) is 6.61 Å². The molecular weight excluding hydrogens is 468 g/mol. The fourth-order valence-electron chi connectivity index (χ4n) is 5.92. The Bertz CT molecular complexity index is 1090. The van der Waals surface area contributed by atoms with Crippen molar-refractivity contribution in [1.82, 2.24) is 3.26 Å². The Kier molecular flexibility index (Phi) is 4.54. The standard InChI is InChI=1S/C14H11.C4H10N.C3H7O.CH3.CH2.2ClH.Zr/c1-10-6-7-14-12(8-10)9-11-4-2-3-5-13(11)14;1-4(2,3)5;1-2-3-4;;;;;/h2-7H,9H2,1H3;5H,1-3H3;4H,1-3H2;1H3;1H2;2*1H;/q;-1;;;;;;+3/p-2. The van der Waals surface area contributed by atoms with Gasteiger partial charge in [-0.3, -0.25) is 0 Å². The van der Waals surface area contributed by atoms with E-state index in [4.69, 9.17) is 21.2 Å². The zero-order valence-electron chi connectivity index (χ0n) is 17.7. The van der Waals surface area contributed by atoms with Gasteiger partial charge in [0.15, 0.2) is 0 Å². The number of hydrogen-bond donors (Lipinski definition) is 2. The SMILES string of the molecule is [CH2]=[Zr]([CH3])([Cl])([Cl])([CH2]CCO)([NH]C(C)(C)C)[c]1c(C)ccc2c1Cc1ccccc1-2. The summed E-state index contributed by atoms with van der Waals surface area (Å²) >= 11 is -6.04. The zero-order chi connectivity index (χ0) is 21.1. The first-order chi connectivity index (χ1) is 12.5. The number of aryl methyl sites for hydroxylation is 1. The summed E-state index contributed by atoms with van der Waals surface area (Å²) in [5.41, 5.74) is 5.61. The molecule has 0 atom stereocenters. The monoisotopic (exact) mass is 499 g/mol. The summed E-state index contributed by atoms with van der Waals surface area (Å²) in [6, 6.07) is 12.8. The van der Waals surface area contributed by atoms with Gasteiger partial charge in [0.2, 0.25) is 0 Å². The summed E-state index contributed by atoms with van der Waals surface area (Å²) < 4.78 is 11.9. The van der Waals surface area contributed by atoms with Crippen molar-refractivity contribution >= 4 is 24.5 Å². The molecule has 2 aromatic carbocycles. The molecule has 0 spiro atoms. The summed E-state index contributed by atoms with van der Waals surface area (Å²) in [6.45, 7) is 8.33. The van der Waals surface area contributed by atoms with Crippen molar-refractivity contribution in [1.29, 1.82) is 0 Å². The Hall–Kier alpha value is -0.307. The maximum absolute atomic E-state index is 9.68. The molecule has 0 unspecified atom stereocenters. The van der Waals surface area contributed by atoms with E-state index in [0.717, 1.165) is 15.3 Å². The second-order valence-corrected chi connectivity index (χ2v) is 50.6. The molecule has 3 rings (SSSR count). The molecule has 2 N–H and O–H groups in total. The molecule has 28 heavy (non-hydrogen) atoms. The van der Waals surface area contributed by atoms with E-state index < -0.39 is 13.2 Å². The van der Waals surface area contributed by atoms with Crippen LogP contribution in [0, 0.1) is 6.92 Å². The van der Waals surface area contributed by atoms with Crippen molar-refractivity contribution in [2.45, 2.75) is 54.8 Å². The fourth-order valence-corrected chi connectivity index (χ4v) is 32.4. The van der Waals surface area contributed by atoms with Gasteiger partial charge >= 0.3 is 172 Å². The van der Waals surface area contributed by atoms with E-state index >= 15 is 0 Å². The number of rotatable bonds is 5. The number of benzene rings is 2. The minimum absolute atomic E-state index is 0.0264. The van der Waals surface area contributed by atoms with Crippen molar-refractivity contribution in [3.63, 3.8) is 0 Å². The molecule has 0 amide bonds. The molecule has 5 heteroatoms. The van der Waals surface area contributed by atoms with E-state index in [0.29, 0.717) is 10.5 Å². The first kappa shape index (κ1) is 22.4. The van der Waals surface area contributed by atoms with Gasteiger partial charge in [0.05, 0.1) is 0 Å². The molecule has 0 radical (unpaired) electrons. The first-order valence-corrected chi connectivity index (χ1v) is 24.8. The van der Waals surface area contributed by atoms with E-state index in [1.807, 2.05) is 4.63 Å². The first-order valence-electron chi connectivity index (χ1n) is 10.1. The number of aliphatic hydroxyl groups excluding tert-OH is 1. The summed E-state index contributed by atoms with van der Waals surface area (Å²) in [6.07, 6.45) is 1.29. The third-order valence-electron chi connectivity index (χ3n) is 6.15. The van der Waals surface area contributed by atoms with Gasteiger partial charge in [-0.15, -0.1) is 0 Å². The normalized spacial score (nSPS) is 17.8. The number of fused-ring (bicyclic) bond motifs is 3. The van der Waals surface area contributed by atoms with Crippen molar-refractivity contribution in [3.05, 3.63) is 53.1 Å². The van der Waals surface area contributed by atoms with E-state index in [1.54, 1.807) is 0 Å². The molecule has 1 aliphatic carbocycles. The predicted octanol–water partition coefficient (Wildman–Crippen LogP) is 5.84. The molecule has 0 bridgehead atoms. The van der Waals surface area contributed by atoms with Crippen LogP contribution in [0.5, 0.6) is 0 Å². The quantitative estimate of drug-likeness (QED) is 0.460. The second kappa shape index (κ2) is 5.68. The van der Waals surface area contributed by atoms with Gasteiger partial charge < -0.3 is 0 Å². The molecular formula is C23H33Cl2NOZr. The average Bonchev–Trinajstić information content (AvgIpc) is 2.87. The molecule has 2 nitrogen and oxygen atoms in total. The third-order valence-corrected chi connectivity index (χ3v) is 27.2. The number of nitrogens with one attached hydrogen (secondary N) is 1. The molecule has 0 aromatic heterocycles. The molecule has 0 saturated heterocycles. The number of hydrogen-bond acceptors (Lipinski definition) is 2. The minimum atomic E-state index is -6.04. The Morgan fingerprint density at radius 3 is 2.36 bits per heavy atom. The summed E-state index contributed by atoms with van der Waals surface area (Å²) in [5, 5.41) is 9.68. The van der Waals surface area contributed by atoms with Gasteiger partial charge in [0, 0.05) is 0 Å². The second-order valence-electron chi connectivity index (χ2n) is 11.0. The summed E-state index contributed by atoms with van der Waals surface area (Å²) in [5.74, 6) is 0. The molecule has 154 valence electrons. The van der Waals surface area contributed by atoms with Crippen LogP contribution in [0.1, 0.15) is 43.9 Å². The van der Waals surface area contributed by atoms with Crippen molar-refractivity contribution < 1.29 is 18.3 Å². The van der Waals surface area contributed by atoms with Crippen LogP contribution < -0.4 is 6.53 Å². The Labute approximate surface area is 170 Å².